The Morgan fingerprint density at radius 2 is 1.75 bits per heavy atom. The van der Waals surface area contributed by atoms with Gasteiger partial charge >= 0.3 is 0 Å². The second-order valence-corrected chi connectivity index (χ2v) is 4.63. The number of anilines is 1. The summed E-state index contributed by atoms with van der Waals surface area (Å²) in [6, 6.07) is 9.31. The number of ether oxygens (including phenoxy) is 1. The van der Waals surface area contributed by atoms with Crippen molar-refractivity contribution in [3.8, 4) is 5.75 Å². The Labute approximate surface area is 136 Å². The van der Waals surface area contributed by atoms with Gasteiger partial charge in [0.2, 0.25) is 0 Å². The number of benzene rings is 2. The molecule has 0 saturated carbocycles. The molecule has 124 valence electrons. The monoisotopic (exact) mass is 331 g/mol. The standard InChI is InChI=1S/C15H13N3O6/c1-2-24-12-6-3-10(4-7-12)16-15(19)13-8-5-11(17(20)21)9-14(13)18(22)23/h3-9H,2H2,1H3,(H,16,19). The van der Waals surface area contributed by atoms with Gasteiger partial charge in [0, 0.05) is 11.8 Å². The topological polar surface area (TPSA) is 125 Å². The average molecular weight is 331 g/mol. The number of carbonyl (C=O) groups is 1. The first kappa shape index (κ1) is 16.9. The number of rotatable bonds is 6. The van der Waals surface area contributed by atoms with E-state index in [1.807, 2.05) is 6.92 Å². The lowest BCUT2D eigenvalue weighted by Crippen LogP contribution is -2.14. The summed E-state index contributed by atoms with van der Waals surface area (Å²) in [5.74, 6) is -0.113. The molecule has 0 unspecified atom stereocenters. The Morgan fingerprint density at radius 3 is 2.29 bits per heavy atom. The summed E-state index contributed by atoms with van der Waals surface area (Å²) < 4.78 is 5.27. The van der Waals surface area contributed by atoms with E-state index in [0.717, 1.165) is 18.2 Å². The van der Waals surface area contributed by atoms with E-state index in [2.05, 4.69) is 5.32 Å². The van der Waals surface area contributed by atoms with E-state index in [9.17, 15) is 25.0 Å². The Morgan fingerprint density at radius 1 is 1.08 bits per heavy atom. The zero-order valence-electron chi connectivity index (χ0n) is 12.6. The lowest BCUT2D eigenvalue weighted by molar-refractivity contribution is -0.394. The number of non-ortho nitro benzene ring substituents is 1. The fourth-order valence-corrected chi connectivity index (χ4v) is 1.98. The first-order chi connectivity index (χ1) is 11.4. The van der Waals surface area contributed by atoms with E-state index in [1.54, 1.807) is 24.3 Å². The molecule has 0 spiro atoms. The first-order valence-electron chi connectivity index (χ1n) is 6.89. The summed E-state index contributed by atoms with van der Waals surface area (Å²) in [6.45, 7) is 2.34. The maximum absolute atomic E-state index is 12.2. The number of carbonyl (C=O) groups excluding carboxylic acids is 1. The number of hydrogen-bond donors (Lipinski definition) is 1. The zero-order valence-corrected chi connectivity index (χ0v) is 12.6. The van der Waals surface area contributed by atoms with Crippen LogP contribution in [0.2, 0.25) is 0 Å². The summed E-state index contributed by atoms with van der Waals surface area (Å²) >= 11 is 0. The molecule has 0 aliphatic rings. The third-order valence-electron chi connectivity index (χ3n) is 3.06. The van der Waals surface area contributed by atoms with Gasteiger partial charge in [-0.05, 0) is 37.3 Å². The van der Waals surface area contributed by atoms with Gasteiger partial charge < -0.3 is 10.1 Å². The molecule has 1 N–H and O–H groups in total. The van der Waals surface area contributed by atoms with Crippen molar-refractivity contribution in [3.63, 3.8) is 0 Å². The van der Waals surface area contributed by atoms with Crippen molar-refractivity contribution in [1.29, 1.82) is 0 Å². The molecule has 0 bridgehead atoms. The highest BCUT2D eigenvalue weighted by atomic mass is 16.6. The van der Waals surface area contributed by atoms with Crippen molar-refractivity contribution in [3.05, 3.63) is 68.3 Å². The number of nitrogens with zero attached hydrogens (tertiary/aromatic N) is 2. The number of hydrogen-bond acceptors (Lipinski definition) is 6. The van der Waals surface area contributed by atoms with Gasteiger partial charge in [0.15, 0.2) is 0 Å². The molecule has 9 heteroatoms. The second kappa shape index (κ2) is 7.18. The molecule has 0 aliphatic carbocycles. The summed E-state index contributed by atoms with van der Waals surface area (Å²) in [5.41, 5.74) is -0.942. The minimum absolute atomic E-state index is 0.264. The van der Waals surface area contributed by atoms with E-state index < -0.39 is 27.1 Å². The van der Waals surface area contributed by atoms with E-state index in [0.29, 0.717) is 18.0 Å². The van der Waals surface area contributed by atoms with Crippen molar-refractivity contribution in [2.75, 3.05) is 11.9 Å². The number of amides is 1. The molecular weight excluding hydrogens is 318 g/mol. The van der Waals surface area contributed by atoms with Crippen LogP contribution in [-0.4, -0.2) is 22.4 Å². The maximum Gasteiger partial charge on any atom is 0.289 e. The summed E-state index contributed by atoms with van der Waals surface area (Å²) in [5, 5.41) is 24.3. The van der Waals surface area contributed by atoms with Crippen molar-refractivity contribution in [2.24, 2.45) is 0 Å². The number of nitro groups is 2. The summed E-state index contributed by atoms with van der Waals surface area (Å²) in [6.07, 6.45) is 0. The summed E-state index contributed by atoms with van der Waals surface area (Å²) in [4.78, 5) is 32.4. The van der Waals surface area contributed by atoms with E-state index in [-0.39, 0.29) is 5.56 Å². The SMILES string of the molecule is CCOc1ccc(NC(=O)c2ccc([N+](=O)[O-])cc2[N+](=O)[O-])cc1. The van der Waals surface area contributed by atoms with Crippen LogP contribution in [0.4, 0.5) is 17.1 Å². The normalized spacial score (nSPS) is 10.0. The van der Waals surface area contributed by atoms with Gasteiger partial charge in [-0.3, -0.25) is 25.0 Å². The fraction of sp³-hybridized carbons (Fsp3) is 0.133. The van der Waals surface area contributed by atoms with Crippen LogP contribution in [0.3, 0.4) is 0 Å². The number of nitro benzene ring substituents is 2. The summed E-state index contributed by atoms with van der Waals surface area (Å²) in [7, 11) is 0. The molecule has 1 amide bonds. The molecule has 2 aromatic rings. The molecule has 2 aromatic carbocycles. The minimum atomic E-state index is -0.833. The van der Waals surface area contributed by atoms with Crippen LogP contribution in [0.5, 0.6) is 5.75 Å². The molecule has 24 heavy (non-hydrogen) atoms. The third-order valence-corrected chi connectivity index (χ3v) is 3.06. The van der Waals surface area contributed by atoms with E-state index in [1.165, 1.54) is 0 Å². The van der Waals surface area contributed by atoms with Crippen LogP contribution in [0.15, 0.2) is 42.5 Å². The Balaban J connectivity index is 2.25. The molecule has 0 radical (unpaired) electrons. The predicted molar refractivity (Wildman–Crippen MR) is 85.3 cm³/mol. The van der Waals surface area contributed by atoms with Crippen molar-refractivity contribution in [2.45, 2.75) is 6.92 Å². The van der Waals surface area contributed by atoms with E-state index in [4.69, 9.17) is 4.74 Å². The van der Waals surface area contributed by atoms with Gasteiger partial charge in [-0.2, -0.15) is 0 Å². The molecular formula is C15H13N3O6. The number of nitrogens with one attached hydrogen (secondary N) is 1. The van der Waals surface area contributed by atoms with Crippen LogP contribution < -0.4 is 10.1 Å². The lowest BCUT2D eigenvalue weighted by atomic mass is 10.1. The van der Waals surface area contributed by atoms with Gasteiger partial charge in [-0.15, -0.1) is 0 Å². The first-order valence-corrected chi connectivity index (χ1v) is 6.89. The molecule has 0 aliphatic heterocycles. The van der Waals surface area contributed by atoms with Crippen LogP contribution in [0.1, 0.15) is 17.3 Å². The molecule has 2 rings (SSSR count). The van der Waals surface area contributed by atoms with Crippen molar-refractivity contribution >= 4 is 23.0 Å². The Hall–Kier alpha value is -3.49. The predicted octanol–water partition coefficient (Wildman–Crippen LogP) is 3.15. The quantitative estimate of drug-likeness (QED) is 0.640. The van der Waals surface area contributed by atoms with Crippen LogP contribution in [0, 0.1) is 20.2 Å². The largest absolute Gasteiger partial charge is 0.494 e. The molecule has 0 saturated heterocycles. The fourth-order valence-electron chi connectivity index (χ4n) is 1.98. The average Bonchev–Trinajstić information content (AvgIpc) is 2.56. The Kier molecular flexibility index (Phi) is 5.05. The highest BCUT2D eigenvalue weighted by Gasteiger charge is 2.24. The van der Waals surface area contributed by atoms with E-state index >= 15 is 0 Å². The highest BCUT2D eigenvalue weighted by Crippen LogP contribution is 2.26. The molecule has 0 aromatic heterocycles. The van der Waals surface area contributed by atoms with Crippen LogP contribution in [0.25, 0.3) is 0 Å². The van der Waals surface area contributed by atoms with Gasteiger partial charge in [-0.1, -0.05) is 0 Å². The van der Waals surface area contributed by atoms with Crippen molar-refractivity contribution < 1.29 is 19.4 Å². The second-order valence-electron chi connectivity index (χ2n) is 4.63. The molecule has 0 fully saturated rings. The van der Waals surface area contributed by atoms with Gasteiger partial charge in [-0.25, -0.2) is 0 Å². The maximum atomic E-state index is 12.2. The van der Waals surface area contributed by atoms with Crippen LogP contribution in [-0.2, 0) is 0 Å². The molecule has 0 atom stereocenters. The third kappa shape index (κ3) is 3.83. The molecule has 0 heterocycles. The molecule has 9 nitrogen and oxygen atoms in total. The van der Waals surface area contributed by atoms with Gasteiger partial charge in [0.1, 0.15) is 11.3 Å². The van der Waals surface area contributed by atoms with Gasteiger partial charge in [0.25, 0.3) is 17.3 Å². The van der Waals surface area contributed by atoms with Gasteiger partial charge in [0.05, 0.1) is 22.5 Å². The zero-order chi connectivity index (χ0) is 17.7. The van der Waals surface area contributed by atoms with Crippen LogP contribution >= 0.6 is 0 Å². The minimum Gasteiger partial charge on any atom is -0.494 e. The lowest BCUT2D eigenvalue weighted by Gasteiger charge is -2.07. The highest BCUT2D eigenvalue weighted by molar-refractivity contribution is 6.07. The van der Waals surface area contributed by atoms with Crippen molar-refractivity contribution in [1.82, 2.24) is 0 Å². The Bertz CT molecular complexity index is 788. The smallest absolute Gasteiger partial charge is 0.289 e.